The van der Waals surface area contributed by atoms with Crippen LogP contribution in [0.1, 0.15) is 0 Å². The SMILES string of the molecule is CN=C(NCCOC)NCCOc1cccc(F)c1. The highest BCUT2D eigenvalue weighted by molar-refractivity contribution is 5.79. The second kappa shape index (κ2) is 9.16. The minimum Gasteiger partial charge on any atom is -0.492 e. The highest BCUT2D eigenvalue weighted by Gasteiger charge is 1.98. The molecular weight excluding hydrogens is 249 g/mol. The Morgan fingerprint density at radius 1 is 1.26 bits per heavy atom. The molecule has 2 N–H and O–H groups in total. The Balaban J connectivity index is 2.18. The lowest BCUT2D eigenvalue weighted by molar-refractivity contribution is 0.203. The van der Waals surface area contributed by atoms with Gasteiger partial charge in [0, 0.05) is 26.8 Å². The van der Waals surface area contributed by atoms with Crippen LogP contribution in [0.2, 0.25) is 0 Å². The van der Waals surface area contributed by atoms with E-state index in [4.69, 9.17) is 9.47 Å². The number of aliphatic imine (C=N–C) groups is 1. The summed E-state index contributed by atoms with van der Waals surface area (Å²) >= 11 is 0. The Labute approximate surface area is 112 Å². The quantitative estimate of drug-likeness (QED) is 0.441. The summed E-state index contributed by atoms with van der Waals surface area (Å²) in [5, 5.41) is 6.15. The number of hydrogen-bond acceptors (Lipinski definition) is 3. The van der Waals surface area contributed by atoms with Crippen molar-refractivity contribution in [2.45, 2.75) is 0 Å². The maximum atomic E-state index is 12.9. The summed E-state index contributed by atoms with van der Waals surface area (Å²) in [5.74, 6) is 0.895. The van der Waals surface area contributed by atoms with Gasteiger partial charge in [-0.15, -0.1) is 0 Å². The zero-order valence-corrected chi connectivity index (χ0v) is 11.3. The maximum absolute atomic E-state index is 12.9. The Morgan fingerprint density at radius 3 is 2.63 bits per heavy atom. The van der Waals surface area contributed by atoms with Gasteiger partial charge in [-0.2, -0.15) is 0 Å². The van der Waals surface area contributed by atoms with Gasteiger partial charge < -0.3 is 20.1 Å². The summed E-state index contributed by atoms with van der Waals surface area (Å²) in [5.41, 5.74) is 0. The zero-order valence-electron chi connectivity index (χ0n) is 11.3. The van der Waals surface area contributed by atoms with Crippen LogP contribution in [0.5, 0.6) is 5.75 Å². The molecule has 6 heteroatoms. The van der Waals surface area contributed by atoms with E-state index in [9.17, 15) is 4.39 Å². The van der Waals surface area contributed by atoms with E-state index in [0.717, 1.165) is 0 Å². The standard InChI is InChI=1S/C13H20FN3O2/c1-15-13(16-6-8-18-2)17-7-9-19-12-5-3-4-11(14)10-12/h3-5,10H,6-9H2,1-2H3,(H2,15,16,17). The minimum absolute atomic E-state index is 0.303. The number of rotatable bonds is 7. The molecule has 0 aliphatic heterocycles. The smallest absolute Gasteiger partial charge is 0.191 e. The van der Waals surface area contributed by atoms with Crippen molar-refractivity contribution in [3.8, 4) is 5.75 Å². The van der Waals surface area contributed by atoms with Crippen molar-refractivity contribution in [1.82, 2.24) is 10.6 Å². The summed E-state index contributed by atoms with van der Waals surface area (Å²) in [7, 11) is 3.33. The molecule has 19 heavy (non-hydrogen) atoms. The number of ether oxygens (including phenoxy) is 2. The van der Waals surface area contributed by atoms with E-state index in [1.165, 1.54) is 12.1 Å². The predicted octanol–water partition coefficient (Wildman–Crippen LogP) is 1.02. The van der Waals surface area contributed by atoms with Gasteiger partial charge in [0.1, 0.15) is 18.2 Å². The topological polar surface area (TPSA) is 54.9 Å². The van der Waals surface area contributed by atoms with Crippen molar-refractivity contribution in [1.29, 1.82) is 0 Å². The number of guanidine groups is 1. The van der Waals surface area contributed by atoms with Gasteiger partial charge in [0.25, 0.3) is 0 Å². The number of nitrogens with one attached hydrogen (secondary N) is 2. The first-order valence-electron chi connectivity index (χ1n) is 6.08. The monoisotopic (exact) mass is 269 g/mol. The normalized spacial score (nSPS) is 11.2. The molecule has 0 heterocycles. The first-order valence-corrected chi connectivity index (χ1v) is 6.08. The molecule has 0 aromatic heterocycles. The number of methoxy groups -OCH3 is 1. The van der Waals surface area contributed by atoms with Gasteiger partial charge in [0.15, 0.2) is 5.96 Å². The van der Waals surface area contributed by atoms with Crippen molar-refractivity contribution in [3.05, 3.63) is 30.1 Å². The fourth-order valence-corrected chi connectivity index (χ4v) is 1.39. The van der Waals surface area contributed by atoms with Gasteiger partial charge in [-0.1, -0.05) is 6.07 Å². The van der Waals surface area contributed by atoms with Crippen LogP contribution in [0.15, 0.2) is 29.3 Å². The van der Waals surface area contributed by atoms with Gasteiger partial charge in [0.05, 0.1) is 13.2 Å². The molecule has 0 aliphatic rings. The Morgan fingerprint density at radius 2 is 2.00 bits per heavy atom. The van der Waals surface area contributed by atoms with E-state index >= 15 is 0 Å². The fourth-order valence-electron chi connectivity index (χ4n) is 1.39. The van der Waals surface area contributed by atoms with E-state index in [2.05, 4.69) is 15.6 Å². The molecule has 1 rings (SSSR count). The van der Waals surface area contributed by atoms with Gasteiger partial charge in [-0.05, 0) is 12.1 Å². The molecule has 0 amide bonds. The molecule has 0 unspecified atom stereocenters. The van der Waals surface area contributed by atoms with E-state index in [-0.39, 0.29) is 5.82 Å². The third kappa shape index (κ3) is 6.61. The molecule has 0 bridgehead atoms. The molecule has 0 radical (unpaired) electrons. The Bertz CT molecular complexity index is 399. The molecule has 0 saturated carbocycles. The highest BCUT2D eigenvalue weighted by Crippen LogP contribution is 2.11. The zero-order chi connectivity index (χ0) is 13.9. The van der Waals surface area contributed by atoms with E-state index in [1.807, 2.05) is 0 Å². The molecule has 1 aromatic rings. The van der Waals surface area contributed by atoms with Crippen LogP contribution in [0.25, 0.3) is 0 Å². The lowest BCUT2D eigenvalue weighted by atomic mass is 10.3. The summed E-state index contributed by atoms with van der Waals surface area (Å²) in [4.78, 5) is 4.04. The van der Waals surface area contributed by atoms with Crippen molar-refractivity contribution in [2.24, 2.45) is 4.99 Å². The van der Waals surface area contributed by atoms with Crippen molar-refractivity contribution in [2.75, 3.05) is 40.5 Å². The van der Waals surface area contributed by atoms with Crippen LogP contribution in [-0.4, -0.2) is 46.4 Å². The van der Waals surface area contributed by atoms with Crippen LogP contribution >= 0.6 is 0 Å². The molecule has 5 nitrogen and oxygen atoms in total. The molecule has 0 atom stereocenters. The highest BCUT2D eigenvalue weighted by atomic mass is 19.1. The maximum Gasteiger partial charge on any atom is 0.191 e. The molecule has 1 aromatic carbocycles. The second-order valence-corrected chi connectivity index (χ2v) is 3.72. The molecule has 0 spiro atoms. The van der Waals surface area contributed by atoms with Gasteiger partial charge in [-0.3, -0.25) is 4.99 Å². The van der Waals surface area contributed by atoms with Gasteiger partial charge >= 0.3 is 0 Å². The average Bonchev–Trinajstić information content (AvgIpc) is 2.41. The molecule has 0 aliphatic carbocycles. The van der Waals surface area contributed by atoms with Gasteiger partial charge in [-0.25, -0.2) is 4.39 Å². The lowest BCUT2D eigenvalue weighted by Gasteiger charge is -2.12. The minimum atomic E-state index is -0.303. The third-order valence-electron chi connectivity index (χ3n) is 2.28. The van der Waals surface area contributed by atoms with Crippen LogP contribution in [-0.2, 0) is 4.74 Å². The predicted molar refractivity (Wildman–Crippen MR) is 73.1 cm³/mol. The van der Waals surface area contributed by atoms with Crippen molar-refractivity contribution >= 4 is 5.96 Å². The number of hydrogen-bond donors (Lipinski definition) is 2. The van der Waals surface area contributed by atoms with Crippen LogP contribution < -0.4 is 15.4 Å². The first kappa shape index (κ1) is 15.2. The molecule has 0 fully saturated rings. The largest absolute Gasteiger partial charge is 0.492 e. The van der Waals surface area contributed by atoms with E-state index in [1.54, 1.807) is 26.3 Å². The number of benzene rings is 1. The van der Waals surface area contributed by atoms with Crippen molar-refractivity contribution < 1.29 is 13.9 Å². The summed E-state index contributed by atoms with van der Waals surface area (Å²) < 4.78 is 23.2. The average molecular weight is 269 g/mol. The van der Waals surface area contributed by atoms with Crippen molar-refractivity contribution in [3.63, 3.8) is 0 Å². The van der Waals surface area contributed by atoms with E-state index < -0.39 is 0 Å². The number of nitrogens with zero attached hydrogens (tertiary/aromatic N) is 1. The van der Waals surface area contributed by atoms with E-state index in [0.29, 0.717) is 38.0 Å². The second-order valence-electron chi connectivity index (χ2n) is 3.72. The molecular formula is C13H20FN3O2. The Hall–Kier alpha value is -1.82. The van der Waals surface area contributed by atoms with Crippen LogP contribution in [0.3, 0.4) is 0 Å². The Kier molecular flexibility index (Phi) is 7.34. The third-order valence-corrected chi connectivity index (χ3v) is 2.28. The summed E-state index contributed by atoms with van der Waals surface area (Å²) in [6.07, 6.45) is 0. The fraction of sp³-hybridized carbons (Fsp3) is 0.462. The molecule has 106 valence electrons. The molecule has 0 saturated heterocycles. The first-order chi connectivity index (χ1) is 9.26. The summed E-state index contributed by atoms with van der Waals surface area (Å²) in [6, 6.07) is 6.07. The van der Waals surface area contributed by atoms with Gasteiger partial charge in [0.2, 0.25) is 0 Å². The lowest BCUT2D eigenvalue weighted by Crippen LogP contribution is -2.40. The summed E-state index contributed by atoms with van der Waals surface area (Å²) in [6.45, 7) is 2.29. The number of halogens is 1. The van der Waals surface area contributed by atoms with Crippen LogP contribution in [0.4, 0.5) is 4.39 Å². The van der Waals surface area contributed by atoms with Crippen LogP contribution in [0, 0.1) is 5.82 Å².